The number of rotatable bonds is 42. The van der Waals surface area contributed by atoms with E-state index in [-0.39, 0.29) is 12.8 Å². The van der Waals surface area contributed by atoms with E-state index < -0.39 is 74.2 Å². The van der Waals surface area contributed by atoms with Crippen molar-refractivity contribution in [2.45, 2.75) is 274 Å². The van der Waals surface area contributed by atoms with Crippen LogP contribution in [-0.2, 0) is 14.3 Å². The number of amides is 1. The van der Waals surface area contributed by atoms with E-state index in [4.69, 9.17) is 9.47 Å². The molecule has 1 saturated heterocycles. The summed E-state index contributed by atoms with van der Waals surface area (Å²) in [5.74, 6) is -0.709. The normalized spacial score (nSPS) is 21.6. The summed E-state index contributed by atoms with van der Waals surface area (Å²) >= 11 is 0. The Hall–Kier alpha value is -1.41. The minimum absolute atomic E-state index is 0.248. The van der Waals surface area contributed by atoms with E-state index in [1.165, 1.54) is 135 Å². The second-order valence-corrected chi connectivity index (χ2v) is 17.9. The number of allylic oxidation sites excluding steroid dienone is 4. The number of nitrogens with one attached hydrogen (secondary N) is 1. The number of carbonyl (C=O) groups excluding carboxylic acids is 1. The highest BCUT2D eigenvalue weighted by Crippen LogP contribution is 2.23. The van der Waals surface area contributed by atoms with Crippen LogP contribution in [0.15, 0.2) is 24.3 Å². The van der Waals surface area contributed by atoms with Gasteiger partial charge in [0.2, 0.25) is 5.91 Å². The molecule has 1 aliphatic rings. The lowest BCUT2D eigenvalue weighted by Gasteiger charge is -2.40. The highest BCUT2D eigenvalue weighted by atomic mass is 16.7. The van der Waals surface area contributed by atoms with E-state index in [0.717, 1.165) is 38.5 Å². The van der Waals surface area contributed by atoms with Crippen LogP contribution in [0.3, 0.4) is 0 Å². The summed E-state index contributed by atoms with van der Waals surface area (Å²) in [6.45, 7) is 3.41. The summed E-state index contributed by atoms with van der Waals surface area (Å²) in [5, 5.41) is 75.7. The van der Waals surface area contributed by atoms with E-state index in [9.17, 15) is 40.5 Å². The van der Waals surface area contributed by atoms with Crippen LogP contribution in [0.1, 0.15) is 219 Å². The molecule has 0 spiro atoms. The summed E-state index contributed by atoms with van der Waals surface area (Å²) in [5.41, 5.74) is 0. The van der Waals surface area contributed by atoms with Gasteiger partial charge in [-0.25, -0.2) is 0 Å². The van der Waals surface area contributed by atoms with E-state index in [1.54, 1.807) is 0 Å². The first-order valence-electron chi connectivity index (χ1n) is 25.2. The first-order valence-corrected chi connectivity index (χ1v) is 25.2. The van der Waals surface area contributed by atoms with Crippen molar-refractivity contribution in [1.29, 1.82) is 0 Å². The van der Waals surface area contributed by atoms with Crippen LogP contribution >= 0.6 is 0 Å². The molecule has 0 saturated carbocycles. The SMILES string of the molecule is CCCCCC/C=C/CC/C=C/CCCC(O)C(O)C(COC1OC(CO)C(O)C(O)C1O)NC(=O)C(O)CCCCCCCCCCCCCCCCCCCCCCC. The Morgan fingerprint density at radius 2 is 0.984 bits per heavy atom. The number of hydrogen-bond acceptors (Lipinski definition) is 10. The van der Waals surface area contributed by atoms with Gasteiger partial charge in [-0.1, -0.05) is 192 Å². The molecule has 8 N–H and O–H groups in total. The highest BCUT2D eigenvalue weighted by Gasteiger charge is 2.44. The lowest BCUT2D eigenvalue weighted by molar-refractivity contribution is -0.303. The fraction of sp³-hybridized carbons (Fsp3) is 0.900. The van der Waals surface area contributed by atoms with Crippen molar-refractivity contribution in [3.63, 3.8) is 0 Å². The molecule has 0 radical (unpaired) electrons. The summed E-state index contributed by atoms with van der Waals surface area (Å²) in [4.78, 5) is 13.1. The molecule has 1 amide bonds. The molecule has 360 valence electrons. The van der Waals surface area contributed by atoms with Gasteiger partial charge in [0.25, 0.3) is 0 Å². The zero-order chi connectivity index (χ0) is 44.8. The van der Waals surface area contributed by atoms with E-state index in [0.29, 0.717) is 19.3 Å². The van der Waals surface area contributed by atoms with Crippen LogP contribution in [0.2, 0.25) is 0 Å². The molecular formula is C50H95NO10. The van der Waals surface area contributed by atoms with Gasteiger partial charge in [-0.15, -0.1) is 0 Å². The summed E-state index contributed by atoms with van der Waals surface area (Å²) in [6.07, 6.45) is 33.8. The predicted molar refractivity (Wildman–Crippen MR) is 247 cm³/mol. The van der Waals surface area contributed by atoms with Crippen molar-refractivity contribution in [2.24, 2.45) is 0 Å². The predicted octanol–water partition coefficient (Wildman–Crippen LogP) is 9.01. The van der Waals surface area contributed by atoms with Gasteiger partial charge in [-0.2, -0.15) is 0 Å². The Bertz CT molecular complexity index is 1040. The van der Waals surface area contributed by atoms with Crippen LogP contribution < -0.4 is 5.32 Å². The molecule has 1 fully saturated rings. The van der Waals surface area contributed by atoms with Crippen molar-refractivity contribution < 1.29 is 50.0 Å². The van der Waals surface area contributed by atoms with Crippen LogP contribution in [0.5, 0.6) is 0 Å². The third kappa shape index (κ3) is 29.6. The molecule has 9 unspecified atom stereocenters. The van der Waals surface area contributed by atoms with Gasteiger partial charge in [-0.3, -0.25) is 4.79 Å². The topological polar surface area (TPSA) is 189 Å². The van der Waals surface area contributed by atoms with Gasteiger partial charge >= 0.3 is 0 Å². The zero-order valence-corrected chi connectivity index (χ0v) is 38.9. The standard InChI is InChI=1S/C50H95NO10/c1-3-5-7-9-11-13-15-17-18-19-20-21-22-23-24-26-28-30-32-34-36-38-43(54)49(59)51-41(40-60-50-48(58)47(57)46(56)44(39-52)61-50)45(55)42(53)37-35-33-31-29-27-25-16-14-12-10-8-6-4-2/h14,16,29,31,41-48,50,52-58H,3-13,15,17-28,30,32-40H2,1-2H3,(H,51,59)/b16-14+,31-29+. The molecule has 0 bridgehead atoms. The maximum atomic E-state index is 13.1. The fourth-order valence-electron chi connectivity index (χ4n) is 8.05. The number of aliphatic hydroxyl groups excluding tert-OH is 7. The number of carbonyl (C=O) groups is 1. The smallest absolute Gasteiger partial charge is 0.249 e. The summed E-state index contributed by atoms with van der Waals surface area (Å²) < 4.78 is 11.1. The molecule has 0 aromatic heterocycles. The highest BCUT2D eigenvalue weighted by molar-refractivity contribution is 5.80. The summed E-state index contributed by atoms with van der Waals surface area (Å²) in [6, 6.07) is -1.19. The van der Waals surface area contributed by atoms with Gasteiger partial charge in [0.1, 0.15) is 36.6 Å². The van der Waals surface area contributed by atoms with Crippen LogP contribution in [-0.4, -0.2) is 110 Å². The Labute approximate surface area is 372 Å². The molecule has 1 aliphatic heterocycles. The average Bonchev–Trinajstić information content (AvgIpc) is 3.26. The molecular weight excluding hydrogens is 775 g/mol. The quantitative estimate of drug-likeness (QED) is 0.0217. The van der Waals surface area contributed by atoms with Crippen molar-refractivity contribution in [3.8, 4) is 0 Å². The molecule has 1 heterocycles. The zero-order valence-electron chi connectivity index (χ0n) is 38.9. The third-order valence-corrected chi connectivity index (χ3v) is 12.2. The second-order valence-electron chi connectivity index (χ2n) is 17.9. The van der Waals surface area contributed by atoms with Crippen molar-refractivity contribution in [1.82, 2.24) is 5.32 Å². The Kier molecular flexibility index (Phi) is 37.9. The number of unbranched alkanes of at least 4 members (excludes halogenated alkanes) is 26. The molecule has 11 nitrogen and oxygen atoms in total. The number of ether oxygens (including phenoxy) is 2. The first kappa shape index (κ1) is 57.6. The maximum absolute atomic E-state index is 13.1. The average molecular weight is 870 g/mol. The van der Waals surface area contributed by atoms with Crippen molar-refractivity contribution >= 4 is 5.91 Å². The third-order valence-electron chi connectivity index (χ3n) is 12.2. The molecule has 11 heteroatoms. The van der Waals surface area contributed by atoms with Crippen LogP contribution in [0.25, 0.3) is 0 Å². The largest absolute Gasteiger partial charge is 0.394 e. The first-order chi connectivity index (χ1) is 29.7. The van der Waals surface area contributed by atoms with Gasteiger partial charge in [0, 0.05) is 0 Å². The van der Waals surface area contributed by atoms with Crippen molar-refractivity contribution in [2.75, 3.05) is 13.2 Å². The monoisotopic (exact) mass is 870 g/mol. The fourth-order valence-corrected chi connectivity index (χ4v) is 8.05. The number of aliphatic hydroxyl groups is 7. The van der Waals surface area contributed by atoms with E-state index in [2.05, 4.69) is 43.5 Å². The minimum Gasteiger partial charge on any atom is -0.394 e. The van der Waals surface area contributed by atoms with Gasteiger partial charge < -0.3 is 50.5 Å². The second kappa shape index (κ2) is 40.1. The van der Waals surface area contributed by atoms with Crippen molar-refractivity contribution in [3.05, 3.63) is 24.3 Å². The molecule has 0 aliphatic carbocycles. The Morgan fingerprint density at radius 1 is 0.557 bits per heavy atom. The molecule has 0 aromatic rings. The Morgan fingerprint density at radius 3 is 1.46 bits per heavy atom. The lowest BCUT2D eigenvalue weighted by atomic mass is 9.98. The number of hydrogen-bond donors (Lipinski definition) is 8. The van der Waals surface area contributed by atoms with Gasteiger partial charge in [-0.05, 0) is 51.4 Å². The van der Waals surface area contributed by atoms with Crippen LogP contribution in [0, 0.1) is 0 Å². The van der Waals surface area contributed by atoms with E-state index in [1.807, 2.05) is 0 Å². The molecule has 1 rings (SSSR count). The molecule has 9 atom stereocenters. The van der Waals surface area contributed by atoms with Gasteiger partial charge in [0.15, 0.2) is 6.29 Å². The summed E-state index contributed by atoms with van der Waals surface area (Å²) in [7, 11) is 0. The van der Waals surface area contributed by atoms with Gasteiger partial charge in [0.05, 0.1) is 25.4 Å². The molecule has 61 heavy (non-hydrogen) atoms. The maximum Gasteiger partial charge on any atom is 0.249 e. The van der Waals surface area contributed by atoms with Crippen LogP contribution in [0.4, 0.5) is 0 Å². The lowest BCUT2D eigenvalue weighted by Crippen LogP contribution is -2.60. The Balaban J connectivity index is 2.38. The van der Waals surface area contributed by atoms with E-state index >= 15 is 0 Å². The minimum atomic E-state index is -1.67. The molecule has 0 aromatic carbocycles.